The molecule has 0 spiro atoms. The van der Waals surface area contributed by atoms with Gasteiger partial charge in [-0.15, -0.1) is 0 Å². The highest BCUT2D eigenvalue weighted by Crippen LogP contribution is 1.55. The zero-order valence-corrected chi connectivity index (χ0v) is 3.65. The van der Waals surface area contributed by atoms with Crippen molar-refractivity contribution in [2.45, 2.75) is 6.04 Å². The van der Waals surface area contributed by atoms with E-state index in [0.717, 1.165) is 0 Å². The minimum atomic E-state index is 0.538. The van der Waals surface area contributed by atoms with Crippen molar-refractivity contribution in [3.63, 3.8) is 0 Å². The van der Waals surface area contributed by atoms with Crippen molar-refractivity contribution >= 4 is 10.2 Å². The zero-order valence-electron chi connectivity index (χ0n) is 2.65. The van der Waals surface area contributed by atoms with E-state index in [9.17, 15) is 0 Å². The Morgan fingerprint density at radius 1 is 1.80 bits per heavy atom. The van der Waals surface area contributed by atoms with Crippen LogP contribution < -0.4 is 0 Å². The number of hydrogen-bond acceptors (Lipinski definition) is 1. The van der Waals surface area contributed by atoms with Crippen LogP contribution in [0, 0.1) is 12.0 Å². The highest BCUT2D eigenvalue weighted by molar-refractivity contribution is 6.10. The summed E-state index contributed by atoms with van der Waals surface area (Å²) >= 11 is 0. The molecule has 0 aliphatic carbocycles. The molecule has 0 aliphatic rings. The van der Waals surface area contributed by atoms with Crippen LogP contribution in [-0.4, -0.2) is 15.3 Å². The summed E-state index contributed by atoms with van der Waals surface area (Å²) in [5, 5.41) is 7.67. The molecule has 0 aromatic carbocycles. The molecular formula is C3H3OSi. The second kappa shape index (κ2) is 3.58. The molecule has 3 radical (unpaired) electrons. The summed E-state index contributed by atoms with van der Waals surface area (Å²) in [4.78, 5) is 0. The van der Waals surface area contributed by atoms with Gasteiger partial charge in [-0.3, -0.25) is 0 Å². The lowest BCUT2D eigenvalue weighted by atomic mass is 10.8. The van der Waals surface area contributed by atoms with Crippen LogP contribution in [-0.2, 0) is 0 Å². The van der Waals surface area contributed by atoms with Gasteiger partial charge in [0.2, 0.25) is 0 Å². The Balaban J connectivity index is 2.81. The van der Waals surface area contributed by atoms with Crippen LogP contribution >= 0.6 is 0 Å². The SMILES string of the molecule is OC#CC[Si]. The molecule has 1 N–H and O–H groups in total. The van der Waals surface area contributed by atoms with Gasteiger partial charge >= 0.3 is 0 Å². The third-order valence-electron chi connectivity index (χ3n) is 0.167. The maximum absolute atomic E-state index is 7.67. The smallest absolute Gasteiger partial charge is 0.107 e. The zero-order chi connectivity index (χ0) is 4.12. The van der Waals surface area contributed by atoms with Gasteiger partial charge in [-0.1, -0.05) is 5.92 Å². The van der Waals surface area contributed by atoms with Gasteiger partial charge in [0.25, 0.3) is 0 Å². The highest BCUT2D eigenvalue weighted by Gasteiger charge is 1.51. The van der Waals surface area contributed by atoms with Crippen molar-refractivity contribution < 1.29 is 5.11 Å². The Hall–Kier alpha value is -0.423. The molecule has 0 aromatic rings. The maximum atomic E-state index is 7.67. The fourth-order valence-electron chi connectivity index (χ4n) is 0.0395. The van der Waals surface area contributed by atoms with E-state index in [1.807, 2.05) is 0 Å². The van der Waals surface area contributed by atoms with Crippen molar-refractivity contribution in [2.24, 2.45) is 0 Å². The number of aliphatic hydroxyl groups excluding tert-OH is 1. The van der Waals surface area contributed by atoms with E-state index >= 15 is 0 Å². The second-order valence-electron chi connectivity index (χ2n) is 0.465. The Morgan fingerprint density at radius 2 is 2.40 bits per heavy atom. The molecule has 0 atom stereocenters. The minimum absolute atomic E-state index is 0.538. The van der Waals surface area contributed by atoms with E-state index in [4.69, 9.17) is 5.11 Å². The molecule has 0 bridgehead atoms. The highest BCUT2D eigenvalue weighted by atomic mass is 28.1. The Morgan fingerprint density at radius 3 is 2.40 bits per heavy atom. The van der Waals surface area contributed by atoms with Crippen LogP contribution in [0.5, 0.6) is 0 Å². The van der Waals surface area contributed by atoms with E-state index in [-0.39, 0.29) is 0 Å². The molecule has 1 nitrogen and oxygen atoms in total. The molecule has 0 rings (SSSR count). The third kappa shape index (κ3) is 3.58. The van der Waals surface area contributed by atoms with Crippen LogP contribution in [0.4, 0.5) is 0 Å². The molecule has 0 heterocycles. The predicted molar refractivity (Wildman–Crippen MR) is 20.3 cm³/mol. The van der Waals surface area contributed by atoms with Gasteiger partial charge in [0.1, 0.15) is 6.11 Å². The monoisotopic (exact) mass is 83.0 g/mol. The standard InChI is InChI=1S/C3H3OSi/c4-2-1-3-5/h4H,3H2. The van der Waals surface area contributed by atoms with Gasteiger partial charge in [0.05, 0.1) is 0 Å². The molecule has 0 amide bonds. The average molecular weight is 83.1 g/mol. The first kappa shape index (κ1) is 4.58. The first-order chi connectivity index (χ1) is 2.41. The lowest BCUT2D eigenvalue weighted by Crippen LogP contribution is -1.55. The number of rotatable bonds is 0. The first-order valence-electron chi connectivity index (χ1n) is 1.18. The molecule has 0 fully saturated rings. The van der Waals surface area contributed by atoms with Crippen LogP contribution in [0.15, 0.2) is 0 Å². The van der Waals surface area contributed by atoms with Crippen molar-refractivity contribution in [3.8, 4) is 12.0 Å². The van der Waals surface area contributed by atoms with Crippen molar-refractivity contribution in [3.05, 3.63) is 0 Å². The van der Waals surface area contributed by atoms with Gasteiger partial charge < -0.3 is 5.11 Å². The summed E-state index contributed by atoms with van der Waals surface area (Å²) in [7, 11) is 3.02. The quantitative estimate of drug-likeness (QED) is 0.320. The van der Waals surface area contributed by atoms with Crippen LogP contribution in [0.3, 0.4) is 0 Å². The molecule has 25 valence electrons. The third-order valence-corrected chi connectivity index (χ3v) is 0.344. The summed E-state index contributed by atoms with van der Waals surface area (Å²) < 4.78 is 0. The average Bonchev–Trinajstić information content (AvgIpc) is 1.41. The normalized spacial score (nSPS) is 5.00. The number of aliphatic hydroxyl groups is 1. The van der Waals surface area contributed by atoms with Gasteiger partial charge in [-0.05, 0) is 6.04 Å². The van der Waals surface area contributed by atoms with E-state index < -0.39 is 0 Å². The molecule has 0 aromatic heterocycles. The molecule has 2 heteroatoms. The second-order valence-corrected chi connectivity index (χ2v) is 0.819. The summed E-state index contributed by atoms with van der Waals surface area (Å²) in [5.74, 6) is 2.33. The van der Waals surface area contributed by atoms with Crippen LogP contribution in [0.1, 0.15) is 0 Å². The Bertz CT molecular complexity index is 59.0. The van der Waals surface area contributed by atoms with Gasteiger partial charge in [-0.25, -0.2) is 0 Å². The van der Waals surface area contributed by atoms with Gasteiger partial charge in [-0.2, -0.15) is 0 Å². The number of hydrogen-bond donors (Lipinski definition) is 1. The molecule has 0 saturated heterocycles. The van der Waals surface area contributed by atoms with Crippen LogP contribution in [0.2, 0.25) is 6.04 Å². The van der Waals surface area contributed by atoms with Gasteiger partial charge in [0, 0.05) is 10.2 Å². The largest absolute Gasteiger partial charge is 0.462 e. The predicted octanol–water partition coefficient (Wildman–Crippen LogP) is -0.0934. The van der Waals surface area contributed by atoms with Gasteiger partial charge in [0.15, 0.2) is 0 Å². The van der Waals surface area contributed by atoms with Crippen molar-refractivity contribution in [2.75, 3.05) is 0 Å². The lowest BCUT2D eigenvalue weighted by molar-refractivity contribution is 0.517. The molecule has 0 saturated carbocycles. The Labute approximate surface area is 34.4 Å². The van der Waals surface area contributed by atoms with Crippen molar-refractivity contribution in [1.29, 1.82) is 0 Å². The molecule has 0 aliphatic heterocycles. The first-order valence-corrected chi connectivity index (χ1v) is 1.89. The Kier molecular flexibility index (Phi) is 3.27. The molecular weight excluding hydrogens is 80.1 g/mol. The summed E-state index contributed by atoms with van der Waals surface area (Å²) in [6.07, 6.45) is 1.72. The van der Waals surface area contributed by atoms with Crippen LogP contribution in [0.25, 0.3) is 0 Å². The van der Waals surface area contributed by atoms with E-state index in [1.54, 1.807) is 6.11 Å². The van der Waals surface area contributed by atoms with E-state index in [1.165, 1.54) is 0 Å². The lowest BCUT2D eigenvalue weighted by Gasteiger charge is -1.56. The minimum Gasteiger partial charge on any atom is -0.462 e. The molecule has 0 unspecified atom stereocenters. The molecule has 5 heavy (non-hydrogen) atoms. The fraction of sp³-hybridized carbons (Fsp3) is 0.333. The van der Waals surface area contributed by atoms with E-state index in [0.29, 0.717) is 6.04 Å². The topological polar surface area (TPSA) is 20.2 Å². The fourth-order valence-corrected chi connectivity index (χ4v) is 0.119. The maximum Gasteiger partial charge on any atom is 0.107 e. The van der Waals surface area contributed by atoms with Crippen molar-refractivity contribution in [1.82, 2.24) is 0 Å². The summed E-state index contributed by atoms with van der Waals surface area (Å²) in [5.41, 5.74) is 0. The summed E-state index contributed by atoms with van der Waals surface area (Å²) in [6.45, 7) is 0. The summed E-state index contributed by atoms with van der Waals surface area (Å²) in [6, 6.07) is 0.538. The van der Waals surface area contributed by atoms with E-state index in [2.05, 4.69) is 16.2 Å².